The fourth-order valence-electron chi connectivity index (χ4n) is 6.60. The predicted molar refractivity (Wildman–Crippen MR) is 138 cm³/mol. The van der Waals surface area contributed by atoms with Crippen molar-refractivity contribution in [3.8, 4) is 5.75 Å². The Morgan fingerprint density at radius 3 is 2.63 bits per heavy atom. The number of rotatable bonds is 8. The molecule has 3 fully saturated rings. The summed E-state index contributed by atoms with van der Waals surface area (Å²) in [5.41, 5.74) is -0.142. The van der Waals surface area contributed by atoms with Crippen LogP contribution in [0.5, 0.6) is 5.75 Å². The average Bonchev–Trinajstić information content (AvgIpc) is 3.33. The molecule has 2 saturated heterocycles. The summed E-state index contributed by atoms with van der Waals surface area (Å²) in [6, 6.07) is 3.26. The summed E-state index contributed by atoms with van der Waals surface area (Å²) in [6.07, 6.45) is -0.657. The Labute approximate surface area is 233 Å². The highest BCUT2D eigenvalue weighted by molar-refractivity contribution is 5.51. The van der Waals surface area contributed by atoms with Gasteiger partial charge in [0.25, 0.3) is 12.0 Å². The summed E-state index contributed by atoms with van der Waals surface area (Å²) in [5.74, 6) is -0.552. The molecule has 1 atom stereocenters. The van der Waals surface area contributed by atoms with Gasteiger partial charge in [-0.25, -0.2) is 18.4 Å². The molecule has 13 heteroatoms. The van der Waals surface area contributed by atoms with Crippen molar-refractivity contribution in [3.05, 3.63) is 57.5 Å². The molecule has 1 aliphatic carbocycles. The van der Waals surface area contributed by atoms with Gasteiger partial charge in [0.2, 0.25) is 5.82 Å². The minimum absolute atomic E-state index is 0.0783. The van der Waals surface area contributed by atoms with Crippen LogP contribution in [0, 0.1) is 12.3 Å². The van der Waals surface area contributed by atoms with Gasteiger partial charge in [-0.2, -0.15) is 18.3 Å². The molecular formula is C28H32F5N5O3. The smallest absolute Gasteiger partial charge is 0.450 e. The zero-order valence-corrected chi connectivity index (χ0v) is 22.7. The van der Waals surface area contributed by atoms with E-state index >= 15 is 0 Å². The Balaban J connectivity index is 1.00. The monoisotopic (exact) mass is 581 g/mol. The molecule has 0 aromatic carbocycles. The first-order valence-electron chi connectivity index (χ1n) is 14.0. The van der Waals surface area contributed by atoms with Gasteiger partial charge in [-0.3, -0.25) is 9.20 Å². The van der Waals surface area contributed by atoms with E-state index in [1.807, 2.05) is 0 Å². The third-order valence-corrected chi connectivity index (χ3v) is 8.56. The molecule has 1 spiro atoms. The minimum atomic E-state index is -4.56. The van der Waals surface area contributed by atoms with Gasteiger partial charge in [0, 0.05) is 25.1 Å². The summed E-state index contributed by atoms with van der Waals surface area (Å²) in [5, 5.41) is 4.16. The van der Waals surface area contributed by atoms with Gasteiger partial charge in [0.05, 0.1) is 29.2 Å². The number of hydrogen-bond donors (Lipinski definition) is 0. The standard InChI is InChI=1S/C28H32F5N5O3/c1-17-21(8-7-19-14-34-26(37(17)19)28(31,32)33)41-20-11-27(12-20)15-36(16-27)9-4-5-18-13-35-38(22-6-2-3-10-40-22)25(39)23(18)24(29)30/h7-8,13-14,20,22,24H,2-6,9-12,15-16H2,1H3. The Bertz CT molecular complexity index is 1470. The second-order valence-electron chi connectivity index (χ2n) is 11.5. The number of aromatic nitrogens is 4. The maximum absolute atomic E-state index is 13.8. The number of fused-ring (bicyclic) bond motifs is 1. The van der Waals surface area contributed by atoms with Crippen molar-refractivity contribution < 1.29 is 31.4 Å². The van der Waals surface area contributed by atoms with Crippen molar-refractivity contribution >= 4 is 5.52 Å². The highest BCUT2D eigenvalue weighted by atomic mass is 19.4. The van der Waals surface area contributed by atoms with E-state index in [4.69, 9.17) is 9.47 Å². The lowest BCUT2D eigenvalue weighted by Gasteiger charge is -2.58. The average molecular weight is 582 g/mol. The molecule has 41 heavy (non-hydrogen) atoms. The maximum Gasteiger partial charge on any atom is 0.450 e. The predicted octanol–water partition coefficient (Wildman–Crippen LogP) is 5.33. The molecule has 6 rings (SSSR count). The number of likely N-dealkylation sites (tertiary alicyclic amines) is 1. The molecule has 2 aliphatic heterocycles. The number of imidazole rings is 1. The van der Waals surface area contributed by atoms with Crippen LogP contribution in [0.15, 0.2) is 29.3 Å². The Morgan fingerprint density at radius 2 is 1.95 bits per heavy atom. The van der Waals surface area contributed by atoms with Crippen LogP contribution in [0.1, 0.15) is 73.8 Å². The lowest BCUT2D eigenvalue weighted by molar-refractivity contribution is -0.145. The summed E-state index contributed by atoms with van der Waals surface area (Å²) in [6.45, 7) is 4.50. The summed E-state index contributed by atoms with van der Waals surface area (Å²) < 4.78 is 81.5. The Hall–Kier alpha value is -3.06. The van der Waals surface area contributed by atoms with Crippen molar-refractivity contribution in [2.75, 3.05) is 26.2 Å². The highest BCUT2D eigenvalue weighted by Crippen LogP contribution is 2.50. The van der Waals surface area contributed by atoms with Crippen LogP contribution < -0.4 is 10.3 Å². The largest absolute Gasteiger partial charge is 0.489 e. The summed E-state index contributed by atoms with van der Waals surface area (Å²) in [4.78, 5) is 18.6. The zero-order valence-electron chi connectivity index (χ0n) is 22.7. The second kappa shape index (κ2) is 10.6. The fraction of sp³-hybridized carbons (Fsp3) is 0.607. The molecule has 0 N–H and O–H groups in total. The SMILES string of the molecule is Cc1c(OC2CC3(C2)CN(CCCc2cnn(C4CCCCO4)c(=O)c2C(F)F)C3)ccc2cnc(C(F)(F)F)n12. The Morgan fingerprint density at radius 1 is 1.17 bits per heavy atom. The molecule has 1 saturated carbocycles. The number of ether oxygens (including phenoxy) is 2. The molecule has 3 aromatic heterocycles. The van der Waals surface area contributed by atoms with Crippen LogP contribution in [-0.2, 0) is 17.3 Å². The normalized spacial score (nSPS) is 21.4. The lowest BCUT2D eigenvalue weighted by Crippen LogP contribution is -2.64. The van der Waals surface area contributed by atoms with Crippen molar-refractivity contribution in [1.82, 2.24) is 24.1 Å². The van der Waals surface area contributed by atoms with Crippen molar-refractivity contribution in [2.24, 2.45) is 5.41 Å². The molecule has 8 nitrogen and oxygen atoms in total. The first-order valence-corrected chi connectivity index (χ1v) is 14.0. The van der Waals surface area contributed by atoms with E-state index < -0.39 is 35.8 Å². The molecule has 5 heterocycles. The van der Waals surface area contributed by atoms with Crippen LogP contribution >= 0.6 is 0 Å². The Kier molecular flexibility index (Phi) is 7.29. The molecule has 222 valence electrons. The van der Waals surface area contributed by atoms with Crippen LogP contribution in [-0.4, -0.2) is 56.4 Å². The van der Waals surface area contributed by atoms with Gasteiger partial charge >= 0.3 is 6.18 Å². The van der Waals surface area contributed by atoms with Gasteiger partial charge in [-0.15, -0.1) is 0 Å². The first-order chi connectivity index (χ1) is 19.5. The summed E-state index contributed by atoms with van der Waals surface area (Å²) >= 11 is 0. The van der Waals surface area contributed by atoms with E-state index in [0.717, 1.165) is 47.9 Å². The second-order valence-corrected chi connectivity index (χ2v) is 11.5. The third-order valence-electron chi connectivity index (χ3n) is 8.56. The van der Waals surface area contributed by atoms with Gasteiger partial charge < -0.3 is 14.4 Å². The number of hydrogen-bond acceptors (Lipinski definition) is 6. The van der Waals surface area contributed by atoms with Gasteiger partial charge in [-0.1, -0.05) is 0 Å². The first kappa shape index (κ1) is 28.1. The molecule has 0 bridgehead atoms. The quantitative estimate of drug-likeness (QED) is 0.335. The number of aryl methyl sites for hydroxylation is 2. The van der Waals surface area contributed by atoms with E-state index in [-0.39, 0.29) is 17.1 Å². The third kappa shape index (κ3) is 5.33. The molecule has 0 radical (unpaired) electrons. The lowest BCUT2D eigenvalue weighted by atomic mass is 9.61. The van der Waals surface area contributed by atoms with Crippen molar-refractivity contribution in [2.45, 2.75) is 76.8 Å². The van der Waals surface area contributed by atoms with Gasteiger partial charge in [-0.05, 0) is 76.1 Å². The number of nitrogens with zero attached hydrogens (tertiary/aromatic N) is 5. The van der Waals surface area contributed by atoms with Crippen molar-refractivity contribution in [3.63, 3.8) is 0 Å². The maximum atomic E-state index is 13.8. The molecule has 3 aliphatic rings. The van der Waals surface area contributed by atoms with E-state index in [1.54, 1.807) is 19.1 Å². The van der Waals surface area contributed by atoms with Gasteiger partial charge in [0.15, 0.2) is 6.23 Å². The van der Waals surface area contributed by atoms with Crippen LogP contribution in [0.2, 0.25) is 0 Å². The van der Waals surface area contributed by atoms with E-state index in [1.165, 1.54) is 12.4 Å². The van der Waals surface area contributed by atoms with E-state index in [0.29, 0.717) is 49.4 Å². The van der Waals surface area contributed by atoms with Crippen LogP contribution in [0.4, 0.5) is 22.0 Å². The highest BCUT2D eigenvalue weighted by Gasteiger charge is 2.53. The molecule has 0 amide bonds. The minimum Gasteiger partial charge on any atom is -0.489 e. The number of alkyl halides is 5. The molecule has 1 unspecified atom stereocenters. The fourth-order valence-corrected chi connectivity index (χ4v) is 6.60. The van der Waals surface area contributed by atoms with E-state index in [2.05, 4.69) is 15.0 Å². The van der Waals surface area contributed by atoms with Crippen molar-refractivity contribution in [1.29, 1.82) is 0 Å². The van der Waals surface area contributed by atoms with E-state index in [9.17, 15) is 26.7 Å². The number of pyridine rings is 1. The van der Waals surface area contributed by atoms with Crippen LogP contribution in [0.3, 0.4) is 0 Å². The van der Waals surface area contributed by atoms with Gasteiger partial charge in [0.1, 0.15) is 11.9 Å². The number of halogens is 5. The van der Waals surface area contributed by atoms with Crippen LogP contribution in [0.25, 0.3) is 5.52 Å². The summed E-state index contributed by atoms with van der Waals surface area (Å²) in [7, 11) is 0. The topological polar surface area (TPSA) is 73.9 Å². The zero-order chi connectivity index (χ0) is 28.9. The molecule has 3 aromatic rings. The molecular weight excluding hydrogens is 549 g/mol.